The van der Waals surface area contributed by atoms with Crippen LogP contribution in [0.25, 0.3) is 0 Å². The third-order valence-electron chi connectivity index (χ3n) is 4.61. The number of amides is 1. The van der Waals surface area contributed by atoms with Crippen LogP contribution in [0, 0.1) is 17.8 Å². The van der Waals surface area contributed by atoms with Gasteiger partial charge in [-0.05, 0) is 43.9 Å². The van der Waals surface area contributed by atoms with E-state index in [1.807, 2.05) is 0 Å². The number of hydrogen-bond donors (Lipinski definition) is 1. The van der Waals surface area contributed by atoms with E-state index in [-0.39, 0.29) is 17.4 Å². The van der Waals surface area contributed by atoms with E-state index >= 15 is 0 Å². The molecule has 2 fully saturated rings. The molecule has 0 radical (unpaired) electrons. The molecule has 2 rings (SSSR count). The molecule has 3 heteroatoms. The Labute approximate surface area is 103 Å². The van der Waals surface area contributed by atoms with Gasteiger partial charge in [0.2, 0.25) is 5.91 Å². The first-order chi connectivity index (χ1) is 7.64. The predicted molar refractivity (Wildman–Crippen MR) is 66.5 cm³/mol. The number of carbonyl (C=O) groups excluding carboxylic acids is 1. The monoisotopic (exact) mass is 243 g/mol. The van der Waals surface area contributed by atoms with Gasteiger partial charge in [0.25, 0.3) is 0 Å². The van der Waals surface area contributed by atoms with Gasteiger partial charge in [-0.15, -0.1) is 11.6 Å². The van der Waals surface area contributed by atoms with Crippen LogP contribution in [0.3, 0.4) is 0 Å². The van der Waals surface area contributed by atoms with Gasteiger partial charge in [0.1, 0.15) is 0 Å². The number of hydrogen-bond acceptors (Lipinski definition) is 1. The molecule has 2 saturated carbocycles. The van der Waals surface area contributed by atoms with Crippen LogP contribution < -0.4 is 5.32 Å². The second kappa shape index (κ2) is 4.56. The molecule has 0 heterocycles. The Morgan fingerprint density at radius 2 is 1.81 bits per heavy atom. The molecule has 2 nitrogen and oxygen atoms in total. The van der Waals surface area contributed by atoms with Crippen molar-refractivity contribution in [3.05, 3.63) is 0 Å². The van der Waals surface area contributed by atoms with Crippen molar-refractivity contribution in [3.8, 4) is 0 Å². The highest BCUT2D eigenvalue weighted by molar-refractivity contribution is 6.18. The minimum absolute atomic E-state index is 0.175. The van der Waals surface area contributed by atoms with Crippen LogP contribution in [-0.4, -0.2) is 17.3 Å². The lowest BCUT2D eigenvalue weighted by Crippen LogP contribution is -2.51. The molecular formula is C13H22ClNO. The molecule has 16 heavy (non-hydrogen) atoms. The number of carbonyl (C=O) groups is 1. The summed E-state index contributed by atoms with van der Waals surface area (Å²) in [5.74, 6) is 2.76. The van der Waals surface area contributed by atoms with Crippen LogP contribution in [0.4, 0.5) is 0 Å². The van der Waals surface area contributed by atoms with Crippen molar-refractivity contribution in [3.63, 3.8) is 0 Å². The minimum atomic E-state index is -0.175. The van der Waals surface area contributed by atoms with Gasteiger partial charge in [-0.1, -0.05) is 13.8 Å². The van der Waals surface area contributed by atoms with Gasteiger partial charge >= 0.3 is 0 Å². The van der Waals surface area contributed by atoms with Crippen molar-refractivity contribution in [2.24, 2.45) is 17.8 Å². The standard InChI is InChI=1S/C13H22ClNO/c1-3-13(4-2,8-14)15-12(16)11-6-9-5-10(9)7-11/h9-11H,3-8H2,1-2H3,(H,15,16). The average Bonchev–Trinajstić information content (AvgIpc) is 2.93. The maximum Gasteiger partial charge on any atom is 0.223 e. The molecule has 0 saturated heterocycles. The van der Waals surface area contributed by atoms with Crippen molar-refractivity contribution in [1.29, 1.82) is 0 Å². The summed E-state index contributed by atoms with van der Waals surface area (Å²) in [5, 5.41) is 3.19. The maximum absolute atomic E-state index is 12.1. The van der Waals surface area contributed by atoms with E-state index in [2.05, 4.69) is 19.2 Å². The van der Waals surface area contributed by atoms with Gasteiger partial charge in [-0.3, -0.25) is 4.79 Å². The molecule has 0 aromatic heterocycles. The Hall–Kier alpha value is -0.240. The van der Waals surface area contributed by atoms with Gasteiger partial charge in [-0.25, -0.2) is 0 Å². The molecule has 0 spiro atoms. The van der Waals surface area contributed by atoms with Crippen molar-refractivity contribution < 1.29 is 4.79 Å². The molecule has 1 amide bonds. The number of rotatable bonds is 5. The average molecular weight is 244 g/mol. The third kappa shape index (κ3) is 2.22. The molecule has 2 aliphatic rings. The van der Waals surface area contributed by atoms with Crippen LogP contribution in [-0.2, 0) is 4.79 Å². The summed E-state index contributed by atoms with van der Waals surface area (Å²) in [6.07, 6.45) is 5.42. The zero-order valence-electron chi connectivity index (χ0n) is 10.3. The van der Waals surface area contributed by atoms with Gasteiger partial charge in [0.15, 0.2) is 0 Å². The summed E-state index contributed by atoms with van der Waals surface area (Å²) < 4.78 is 0. The molecule has 0 aliphatic heterocycles. The largest absolute Gasteiger partial charge is 0.349 e. The van der Waals surface area contributed by atoms with Crippen molar-refractivity contribution >= 4 is 17.5 Å². The number of nitrogens with one attached hydrogen (secondary N) is 1. The molecule has 0 aromatic carbocycles. The van der Waals surface area contributed by atoms with Crippen molar-refractivity contribution in [2.45, 2.75) is 51.5 Å². The number of halogens is 1. The van der Waals surface area contributed by atoms with E-state index in [4.69, 9.17) is 11.6 Å². The van der Waals surface area contributed by atoms with Crippen molar-refractivity contribution in [1.82, 2.24) is 5.32 Å². The Balaban J connectivity index is 1.89. The molecule has 0 bridgehead atoms. The lowest BCUT2D eigenvalue weighted by atomic mass is 9.93. The minimum Gasteiger partial charge on any atom is -0.349 e. The van der Waals surface area contributed by atoms with E-state index in [9.17, 15) is 4.79 Å². The maximum atomic E-state index is 12.1. The van der Waals surface area contributed by atoms with Gasteiger partial charge in [0, 0.05) is 11.8 Å². The summed E-state index contributed by atoms with van der Waals surface area (Å²) in [5.41, 5.74) is -0.175. The third-order valence-corrected chi connectivity index (χ3v) is 5.12. The molecule has 1 N–H and O–H groups in total. The van der Waals surface area contributed by atoms with Crippen LogP contribution in [0.15, 0.2) is 0 Å². The summed E-state index contributed by atoms with van der Waals surface area (Å²) in [7, 11) is 0. The second-order valence-electron chi connectivity index (χ2n) is 5.53. The van der Waals surface area contributed by atoms with E-state index in [1.165, 1.54) is 6.42 Å². The molecule has 92 valence electrons. The lowest BCUT2D eigenvalue weighted by Gasteiger charge is -2.32. The zero-order chi connectivity index (χ0) is 11.8. The first kappa shape index (κ1) is 12.2. The second-order valence-corrected chi connectivity index (χ2v) is 5.80. The molecular weight excluding hydrogens is 222 g/mol. The number of fused-ring (bicyclic) bond motifs is 1. The SMILES string of the molecule is CCC(CC)(CCl)NC(=O)C1CC2CC2C1. The topological polar surface area (TPSA) is 29.1 Å². The van der Waals surface area contributed by atoms with E-state index < -0.39 is 0 Å². The van der Waals surface area contributed by atoms with E-state index in [0.29, 0.717) is 5.88 Å². The Bertz CT molecular complexity index is 257. The van der Waals surface area contributed by atoms with Crippen molar-refractivity contribution in [2.75, 3.05) is 5.88 Å². The highest BCUT2D eigenvalue weighted by Gasteiger charge is 2.48. The summed E-state index contributed by atoms with van der Waals surface area (Å²) >= 11 is 6.00. The fraction of sp³-hybridized carbons (Fsp3) is 0.923. The van der Waals surface area contributed by atoms with Gasteiger partial charge in [0.05, 0.1) is 5.54 Å². The van der Waals surface area contributed by atoms with Crippen LogP contribution in [0.1, 0.15) is 46.0 Å². The summed E-state index contributed by atoms with van der Waals surface area (Å²) in [6, 6.07) is 0. The highest BCUT2D eigenvalue weighted by atomic mass is 35.5. The quantitative estimate of drug-likeness (QED) is 0.740. The molecule has 2 aliphatic carbocycles. The predicted octanol–water partition coefficient (Wildman–Crippen LogP) is 2.95. The summed E-state index contributed by atoms with van der Waals surface area (Å²) in [6.45, 7) is 4.19. The molecule has 2 unspecified atom stereocenters. The van der Waals surface area contributed by atoms with Crippen LogP contribution in [0.5, 0.6) is 0 Å². The summed E-state index contributed by atoms with van der Waals surface area (Å²) in [4.78, 5) is 12.1. The Morgan fingerprint density at radius 3 is 2.25 bits per heavy atom. The first-order valence-corrected chi connectivity index (χ1v) is 7.05. The van der Waals surface area contributed by atoms with E-state index in [0.717, 1.165) is 37.5 Å². The Morgan fingerprint density at radius 1 is 1.25 bits per heavy atom. The lowest BCUT2D eigenvalue weighted by molar-refractivity contribution is -0.127. The van der Waals surface area contributed by atoms with Crippen LogP contribution in [0.2, 0.25) is 0 Å². The Kier molecular flexibility index (Phi) is 3.48. The molecule has 2 atom stereocenters. The van der Waals surface area contributed by atoms with Gasteiger partial charge in [-0.2, -0.15) is 0 Å². The molecule has 0 aromatic rings. The first-order valence-electron chi connectivity index (χ1n) is 6.52. The smallest absolute Gasteiger partial charge is 0.223 e. The van der Waals surface area contributed by atoms with E-state index in [1.54, 1.807) is 0 Å². The number of alkyl halides is 1. The zero-order valence-corrected chi connectivity index (χ0v) is 11.0. The van der Waals surface area contributed by atoms with Crippen LogP contribution >= 0.6 is 11.6 Å². The fourth-order valence-corrected chi connectivity index (χ4v) is 3.39. The highest BCUT2D eigenvalue weighted by Crippen LogP contribution is 2.54. The fourth-order valence-electron chi connectivity index (χ4n) is 2.94. The normalized spacial score (nSPS) is 32.3. The van der Waals surface area contributed by atoms with Gasteiger partial charge < -0.3 is 5.32 Å².